The van der Waals surface area contributed by atoms with E-state index in [2.05, 4.69) is 0 Å². The molecule has 0 saturated carbocycles. The summed E-state index contributed by atoms with van der Waals surface area (Å²) in [5.74, 6) is -10.2. The highest BCUT2D eigenvalue weighted by Gasteiger charge is 2.32. The first-order valence-electron chi connectivity index (χ1n) is 9.56. The number of nitrogens with two attached hydrogens (primary N) is 1. The van der Waals surface area contributed by atoms with E-state index in [0.29, 0.717) is 29.7 Å². The Hall–Kier alpha value is -2.51. The second-order valence-corrected chi connectivity index (χ2v) is 7.25. The molecule has 2 nitrogen and oxygen atoms in total. The molecule has 0 saturated heterocycles. The minimum atomic E-state index is -2.23. The van der Waals surface area contributed by atoms with Crippen molar-refractivity contribution < 1.29 is 22.0 Å². The van der Waals surface area contributed by atoms with Crippen LogP contribution in [0.1, 0.15) is 62.2 Å². The predicted molar refractivity (Wildman–Crippen MR) is 110 cm³/mol. The molecule has 1 aromatic heterocycles. The third-order valence-corrected chi connectivity index (χ3v) is 5.74. The Balaban J connectivity index is 3.16. The molecule has 0 atom stereocenters. The molecule has 1 heterocycles. The average Bonchev–Trinajstić information content (AvgIpc) is 2.94. The third kappa shape index (κ3) is 3.57. The lowest BCUT2D eigenvalue weighted by Gasteiger charge is -2.19. The van der Waals surface area contributed by atoms with Crippen molar-refractivity contribution in [2.45, 2.75) is 54.4 Å². The molecule has 0 amide bonds. The Kier molecular flexibility index (Phi) is 6.89. The standard InChI is InChI=1S/C22H24BF5N2/c1-7-9(3)10(4)21(29)15(22-11(5)13(8-2)12(6)30(22)23)14-16(24)18(26)20(28)19(27)17(14)25/h7-8,29H2,1-6H3/b10-9+,21-15-. The molecule has 0 unspecified atom stereocenters. The summed E-state index contributed by atoms with van der Waals surface area (Å²) in [5.41, 5.74) is 8.12. The fourth-order valence-electron chi connectivity index (χ4n) is 3.62. The van der Waals surface area contributed by atoms with Gasteiger partial charge in [0.1, 0.15) is 0 Å². The van der Waals surface area contributed by atoms with Crippen LogP contribution in [0.25, 0.3) is 5.57 Å². The van der Waals surface area contributed by atoms with Crippen molar-refractivity contribution in [3.63, 3.8) is 0 Å². The zero-order chi connectivity index (χ0) is 23.1. The second kappa shape index (κ2) is 8.70. The smallest absolute Gasteiger partial charge is 0.234 e. The average molecular weight is 422 g/mol. The topological polar surface area (TPSA) is 30.9 Å². The molecule has 30 heavy (non-hydrogen) atoms. The normalized spacial score (nSPS) is 13.4. The molecule has 0 aliphatic carbocycles. The Morgan fingerprint density at radius 3 is 1.77 bits per heavy atom. The van der Waals surface area contributed by atoms with Gasteiger partial charge in [0.05, 0.1) is 5.56 Å². The van der Waals surface area contributed by atoms with Crippen molar-refractivity contribution in [3.8, 4) is 0 Å². The van der Waals surface area contributed by atoms with Gasteiger partial charge in [-0.15, -0.1) is 0 Å². The van der Waals surface area contributed by atoms with Crippen molar-refractivity contribution >= 4 is 13.6 Å². The van der Waals surface area contributed by atoms with E-state index in [1.165, 1.54) is 4.48 Å². The fourth-order valence-corrected chi connectivity index (χ4v) is 3.62. The van der Waals surface area contributed by atoms with Gasteiger partial charge in [-0.3, -0.25) is 0 Å². The summed E-state index contributed by atoms with van der Waals surface area (Å²) in [7, 11) is 6.18. The number of hydrogen-bond donors (Lipinski definition) is 1. The zero-order valence-corrected chi connectivity index (χ0v) is 17.9. The van der Waals surface area contributed by atoms with Gasteiger partial charge in [-0.1, -0.05) is 19.4 Å². The molecule has 2 N–H and O–H groups in total. The summed E-state index contributed by atoms with van der Waals surface area (Å²) < 4.78 is 72.6. The van der Waals surface area contributed by atoms with Gasteiger partial charge in [-0.05, 0) is 57.2 Å². The van der Waals surface area contributed by atoms with E-state index in [1.807, 2.05) is 13.8 Å². The highest BCUT2D eigenvalue weighted by molar-refractivity contribution is 6.10. The molecular formula is C22H24BF5N2. The summed E-state index contributed by atoms with van der Waals surface area (Å²) in [6.07, 6.45) is 1.14. The van der Waals surface area contributed by atoms with Crippen molar-refractivity contribution in [2.24, 2.45) is 5.73 Å². The number of benzene rings is 1. The molecule has 0 spiro atoms. The quantitative estimate of drug-likeness (QED) is 0.215. The molecule has 2 radical (unpaired) electrons. The molecule has 2 aromatic rings. The molecule has 2 rings (SSSR count). The van der Waals surface area contributed by atoms with E-state index in [0.717, 1.165) is 11.1 Å². The zero-order valence-electron chi connectivity index (χ0n) is 17.9. The molecule has 0 aliphatic rings. The number of rotatable bonds is 5. The minimum Gasteiger partial charge on any atom is -0.400 e. The van der Waals surface area contributed by atoms with Gasteiger partial charge in [0, 0.05) is 22.7 Å². The highest BCUT2D eigenvalue weighted by Crippen LogP contribution is 2.38. The van der Waals surface area contributed by atoms with Crippen molar-refractivity contribution in [3.05, 3.63) is 74.0 Å². The number of allylic oxidation sites excluding steroid dienone is 2. The van der Waals surface area contributed by atoms with Crippen LogP contribution < -0.4 is 5.73 Å². The molecule has 0 bridgehead atoms. The first-order valence-corrected chi connectivity index (χ1v) is 9.56. The van der Waals surface area contributed by atoms with E-state index in [9.17, 15) is 22.0 Å². The molecule has 0 aliphatic heterocycles. The summed E-state index contributed by atoms with van der Waals surface area (Å²) in [4.78, 5) is 0. The fraction of sp³-hybridized carbons (Fsp3) is 0.364. The highest BCUT2D eigenvalue weighted by atomic mass is 19.2. The number of halogens is 5. The Morgan fingerprint density at radius 1 is 0.900 bits per heavy atom. The largest absolute Gasteiger partial charge is 0.400 e. The lowest BCUT2D eigenvalue weighted by molar-refractivity contribution is 0.376. The van der Waals surface area contributed by atoms with E-state index in [1.54, 1.807) is 27.7 Å². The molecule has 0 fully saturated rings. The Bertz CT molecular complexity index is 1050. The summed E-state index contributed by atoms with van der Waals surface area (Å²) in [6, 6.07) is 0. The minimum absolute atomic E-state index is 0.104. The van der Waals surface area contributed by atoms with Crippen LogP contribution in [-0.4, -0.2) is 12.5 Å². The maximum Gasteiger partial charge on any atom is 0.234 e. The summed E-state index contributed by atoms with van der Waals surface area (Å²) in [6.45, 7) is 10.5. The van der Waals surface area contributed by atoms with E-state index in [-0.39, 0.29) is 17.0 Å². The van der Waals surface area contributed by atoms with Crippen molar-refractivity contribution in [1.82, 2.24) is 4.48 Å². The number of aromatic nitrogens is 1. The van der Waals surface area contributed by atoms with Crippen LogP contribution in [0.5, 0.6) is 0 Å². The van der Waals surface area contributed by atoms with Crippen LogP contribution >= 0.6 is 0 Å². The molecule has 1 aromatic carbocycles. The van der Waals surface area contributed by atoms with Crippen LogP contribution in [0.2, 0.25) is 0 Å². The molecule has 8 heteroatoms. The summed E-state index contributed by atoms with van der Waals surface area (Å²) >= 11 is 0. The van der Waals surface area contributed by atoms with Crippen LogP contribution in [0, 0.1) is 42.9 Å². The van der Waals surface area contributed by atoms with Crippen molar-refractivity contribution in [1.29, 1.82) is 0 Å². The predicted octanol–water partition coefficient (Wildman–Crippen LogP) is 5.76. The Morgan fingerprint density at radius 2 is 1.37 bits per heavy atom. The van der Waals surface area contributed by atoms with Gasteiger partial charge in [0.2, 0.25) is 13.8 Å². The molecule has 160 valence electrons. The van der Waals surface area contributed by atoms with Crippen molar-refractivity contribution in [2.75, 3.05) is 0 Å². The van der Waals surface area contributed by atoms with E-state index >= 15 is 0 Å². The monoisotopic (exact) mass is 422 g/mol. The lowest BCUT2D eigenvalue weighted by Crippen LogP contribution is -2.15. The summed E-state index contributed by atoms with van der Waals surface area (Å²) in [5, 5.41) is 0. The Labute approximate surface area is 174 Å². The number of nitrogens with zero attached hydrogens (tertiary/aromatic N) is 1. The first kappa shape index (κ1) is 23.8. The molecular weight excluding hydrogens is 398 g/mol. The van der Waals surface area contributed by atoms with Gasteiger partial charge in [-0.2, -0.15) is 0 Å². The van der Waals surface area contributed by atoms with Gasteiger partial charge in [0.15, 0.2) is 23.3 Å². The van der Waals surface area contributed by atoms with Gasteiger partial charge in [-0.25, -0.2) is 22.0 Å². The van der Waals surface area contributed by atoms with Gasteiger partial charge in [0.25, 0.3) is 0 Å². The van der Waals surface area contributed by atoms with Crippen LogP contribution in [0.3, 0.4) is 0 Å². The van der Waals surface area contributed by atoms with Gasteiger partial charge >= 0.3 is 0 Å². The van der Waals surface area contributed by atoms with E-state index in [4.69, 9.17) is 13.7 Å². The second-order valence-electron chi connectivity index (χ2n) is 7.25. The maximum atomic E-state index is 14.8. The van der Waals surface area contributed by atoms with Crippen LogP contribution in [0.15, 0.2) is 16.8 Å². The van der Waals surface area contributed by atoms with E-state index < -0.39 is 34.6 Å². The van der Waals surface area contributed by atoms with Gasteiger partial charge < -0.3 is 10.2 Å². The SMILES string of the molecule is [B]n1c(C)c(CC)c(C)c1/C(=C(N)/C(C)=C(\C)CC)c1c(F)c(F)c(F)c(F)c1F. The first-order chi connectivity index (χ1) is 13.9. The van der Waals surface area contributed by atoms with Crippen LogP contribution in [0.4, 0.5) is 22.0 Å². The maximum absolute atomic E-state index is 14.8. The number of hydrogen-bond acceptors (Lipinski definition) is 1. The third-order valence-electron chi connectivity index (χ3n) is 5.74. The lowest BCUT2D eigenvalue weighted by atomic mass is 9.91. The van der Waals surface area contributed by atoms with Crippen LogP contribution in [-0.2, 0) is 6.42 Å².